The molecule has 2 unspecified atom stereocenters. The SMILES string of the molecule is Cc1ccccc1C1NC(=O)CCC1N. The van der Waals surface area contributed by atoms with Gasteiger partial charge in [0.05, 0.1) is 6.04 Å². The normalized spacial score (nSPS) is 26.1. The first-order valence-electron chi connectivity index (χ1n) is 5.29. The van der Waals surface area contributed by atoms with Gasteiger partial charge in [-0.25, -0.2) is 0 Å². The maximum absolute atomic E-state index is 11.3. The van der Waals surface area contributed by atoms with Crippen molar-refractivity contribution in [2.75, 3.05) is 0 Å². The van der Waals surface area contributed by atoms with Gasteiger partial charge in [0, 0.05) is 12.5 Å². The van der Waals surface area contributed by atoms with Crippen LogP contribution in [-0.2, 0) is 4.79 Å². The Balaban J connectivity index is 2.29. The van der Waals surface area contributed by atoms with E-state index in [1.807, 2.05) is 31.2 Å². The third kappa shape index (κ3) is 2.02. The molecule has 3 nitrogen and oxygen atoms in total. The summed E-state index contributed by atoms with van der Waals surface area (Å²) in [5.41, 5.74) is 8.35. The maximum atomic E-state index is 11.3. The highest BCUT2D eigenvalue weighted by atomic mass is 16.1. The number of aryl methyl sites for hydroxylation is 1. The molecule has 1 aromatic rings. The molecule has 0 radical (unpaired) electrons. The number of carbonyl (C=O) groups excluding carboxylic acids is 1. The summed E-state index contributed by atoms with van der Waals surface area (Å²) < 4.78 is 0. The highest BCUT2D eigenvalue weighted by Gasteiger charge is 2.27. The number of hydrogen-bond donors (Lipinski definition) is 2. The second kappa shape index (κ2) is 4.03. The van der Waals surface area contributed by atoms with Crippen LogP contribution in [0.2, 0.25) is 0 Å². The number of rotatable bonds is 1. The maximum Gasteiger partial charge on any atom is 0.220 e. The summed E-state index contributed by atoms with van der Waals surface area (Å²) in [6.07, 6.45) is 1.31. The van der Waals surface area contributed by atoms with Gasteiger partial charge in [-0.3, -0.25) is 4.79 Å². The number of nitrogens with two attached hydrogens (primary N) is 1. The summed E-state index contributed by atoms with van der Waals surface area (Å²) in [4.78, 5) is 11.3. The minimum absolute atomic E-state index is 0.0209. The van der Waals surface area contributed by atoms with E-state index in [0.717, 1.165) is 12.0 Å². The molecule has 2 atom stereocenters. The lowest BCUT2D eigenvalue weighted by atomic mass is 9.90. The first kappa shape index (κ1) is 10.2. The smallest absolute Gasteiger partial charge is 0.220 e. The molecule has 80 valence electrons. The first-order valence-corrected chi connectivity index (χ1v) is 5.29. The molecule has 1 amide bonds. The summed E-state index contributed by atoms with van der Waals surface area (Å²) in [5.74, 6) is 0.102. The van der Waals surface area contributed by atoms with E-state index in [1.165, 1.54) is 5.56 Å². The first-order chi connectivity index (χ1) is 7.18. The molecule has 1 aromatic carbocycles. The van der Waals surface area contributed by atoms with Gasteiger partial charge < -0.3 is 11.1 Å². The van der Waals surface area contributed by atoms with Crippen LogP contribution in [0.3, 0.4) is 0 Å². The molecular weight excluding hydrogens is 188 g/mol. The van der Waals surface area contributed by atoms with Crippen LogP contribution in [0.5, 0.6) is 0 Å². The molecule has 0 bridgehead atoms. The van der Waals surface area contributed by atoms with E-state index in [2.05, 4.69) is 5.32 Å². The van der Waals surface area contributed by atoms with Crippen molar-refractivity contribution in [2.24, 2.45) is 5.73 Å². The molecule has 1 aliphatic rings. The monoisotopic (exact) mass is 204 g/mol. The molecule has 1 saturated heterocycles. The number of benzene rings is 1. The lowest BCUT2D eigenvalue weighted by Gasteiger charge is -2.30. The zero-order valence-corrected chi connectivity index (χ0v) is 8.86. The van der Waals surface area contributed by atoms with Gasteiger partial charge in [-0.05, 0) is 24.5 Å². The lowest BCUT2D eigenvalue weighted by Crippen LogP contribution is -2.46. The van der Waals surface area contributed by atoms with Gasteiger partial charge in [0.15, 0.2) is 0 Å². The Morgan fingerprint density at radius 3 is 2.87 bits per heavy atom. The fourth-order valence-electron chi connectivity index (χ4n) is 2.06. The largest absolute Gasteiger partial charge is 0.348 e. The minimum atomic E-state index is -0.0209. The molecule has 0 saturated carbocycles. The molecule has 1 heterocycles. The second-order valence-electron chi connectivity index (χ2n) is 4.10. The van der Waals surface area contributed by atoms with Crippen LogP contribution in [0.15, 0.2) is 24.3 Å². The molecule has 1 fully saturated rings. The zero-order valence-electron chi connectivity index (χ0n) is 8.86. The van der Waals surface area contributed by atoms with Crippen molar-refractivity contribution in [3.8, 4) is 0 Å². The van der Waals surface area contributed by atoms with Crippen LogP contribution >= 0.6 is 0 Å². The Morgan fingerprint density at radius 1 is 1.40 bits per heavy atom. The zero-order chi connectivity index (χ0) is 10.8. The Labute approximate surface area is 89.7 Å². The van der Waals surface area contributed by atoms with E-state index in [1.54, 1.807) is 0 Å². The number of piperidine rings is 1. The van der Waals surface area contributed by atoms with E-state index in [4.69, 9.17) is 5.73 Å². The highest BCUT2D eigenvalue weighted by molar-refractivity contribution is 5.77. The number of amides is 1. The summed E-state index contributed by atoms with van der Waals surface area (Å²) in [6, 6.07) is 8.07. The van der Waals surface area contributed by atoms with Crippen LogP contribution in [0, 0.1) is 6.92 Å². The highest BCUT2D eigenvalue weighted by Crippen LogP contribution is 2.24. The van der Waals surface area contributed by atoms with Crippen molar-refractivity contribution in [1.82, 2.24) is 5.32 Å². The molecule has 0 aliphatic carbocycles. The molecular formula is C12H16N2O. The third-order valence-electron chi connectivity index (χ3n) is 2.97. The average Bonchev–Trinajstić information content (AvgIpc) is 2.23. The fraction of sp³-hybridized carbons (Fsp3) is 0.417. The van der Waals surface area contributed by atoms with E-state index < -0.39 is 0 Å². The molecule has 3 N–H and O–H groups in total. The standard InChI is InChI=1S/C12H16N2O/c1-8-4-2-3-5-9(8)12-10(13)6-7-11(15)14-12/h2-5,10,12H,6-7,13H2,1H3,(H,14,15). The van der Waals surface area contributed by atoms with Gasteiger partial charge in [0.2, 0.25) is 5.91 Å². The molecule has 2 rings (SSSR count). The predicted molar refractivity (Wildman–Crippen MR) is 59.3 cm³/mol. The fourth-order valence-corrected chi connectivity index (χ4v) is 2.06. The van der Waals surface area contributed by atoms with Gasteiger partial charge in [-0.2, -0.15) is 0 Å². The van der Waals surface area contributed by atoms with Crippen molar-refractivity contribution in [3.63, 3.8) is 0 Å². The Kier molecular flexibility index (Phi) is 2.73. The quantitative estimate of drug-likeness (QED) is 0.724. The van der Waals surface area contributed by atoms with Crippen LogP contribution in [0.4, 0.5) is 0 Å². The van der Waals surface area contributed by atoms with Crippen molar-refractivity contribution in [2.45, 2.75) is 31.8 Å². The van der Waals surface area contributed by atoms with Crippen LogP contribution in [0.25, 0.3) is 0 Å². The van der Waals surface area contributed by atoms with Crippen molar-refractivity contribution in [3.05, 3.63) is 35.4 Å². The Bertz CT molecular complexity index is 376. The van der Waals surface area contributed by atoms with Crippen LogP contribution in [-0.4, -0.2) is 11.9 Å². The Hall–Kier alpha value is -1.35. The third-order valence-corrected chi connectivity index (χ3v) is 2.97. The van der Waals surface area contributed by atoms with Gasteiger partial charge in [-0.15, -0.1) is 0 Å². The van der Waals surface area contributed by atoms with E-state index in [-0.39, 0.29) is 18.0 Å². The lowest BCUT2D eigenvalue weighted by molar-refractivity contribution is -0.123. The molecule has 15 heavy (non-hydrogen) atoms. The summed E-state index contributed by atoms with van der Waals surface area (Å²) in [5, 5.41) is 2.96. The second-order valence-corrected chi connectivity index (χ2v) is 4.10. The predicted octanol–water partition coefficient (Wildman–Crippen LogP) is 1.27. The van der Waals surface area contributed by atoms with E-state index in [0.29, 0.717) is 6.42 Å². The average molecular weight is 204 g/mol. The Morgan fingerprint density at radius 2 is 2.13 bits per heavy atom. The van der Waals surface area contributed by atoms with Gasteiger partial charge >= 0.3 is 0 Å². The molecule has 3 heteroatoms. The van der Waals surface area contributed by atoms with Crippen LogP contribution < -0.4 is 11.1 Å². The van der Waals surface area contributed by atoms with E-state index in [9.17, 15) is 4.79 Å². The van der Waals surface area contributed by atoms with Crippen LogP contribution in [0.1, 0.15) is 30.0 Å². The summed E-state index contributed by atoms with van der Waals surface area (Å²) in [6.45, 7) is 2.04. The topological polar surface area (TPSA) is 55.1 Å². The number of nitrogens with one attached hydrogen (secondary N) is 1. The summed E-state index contributed by atoms with van der Waals surface area (Å²) >= 11 is 0. The van der Waals surface area contributed by atoms with Gasteiger partial charge in [0.25, 0.3) is 0 Å². The molecule has 0 aromatic heterocycles. The molecule has 1 aliphatic heterocycles. The van der Waals surface area contributed by atoms with Crippen molar-refractivity contribution in [1.29, 1.82) is 0 Å². The minimum Gasteiger partial charge on any atom is -0.348 e. The van der Waals surface area contributed by atoms with E-state index >= 15 is 0 Å². The van der Waals surface area contributed by atoms with Crippen molar-refractivity contribution < 1.29 is 4.79 Å². The summed E-state index contributed by atoms with van der Waals surface area (Å²) in [7, 11) is 0. The number of hydrogen-bond acceptors (Lipinski definition) is 2. The van der Waals surface area contributed by atoms with Crippen molar-refractivity contribution >= 4 is 5.91 Å². The number of carbonyl (C=O) groups is 1. The van der Waals surface area contributed by atoms with Gasteiger partial charge in [0.1, 0.15) is 0 Å². The van der Waals surface area contributed by atoms with Gasteiger partial charge in [-0.1, -0.05) is 24.3 Å². The molecule has 0 spiro atoms.